The van der Waals surface area contributed by atoms with Crippen LogP contribution in [0.3, 0.4) is 0 Å². The van der Waals surface area contributed by atoms with Crippen molar-refractivity contribution in [3.8, 4) is 5.69 Å². The molecule has 130 valence electrons. The van der Waals surface area contributed by atoms with E-state index in [0.717, 1.165) is 51.4 Å². The number of aromatic nitrogens is 2. The maximum absolute atomic E-state index is 5.41. The second-order valence-corrected chi connectivity index (χ2v) is 6.78. The minimum Gasteiger partial charge on any atom is -0.379 e. The fourth-order valence-electron chi connectivity index (χ4n) is 3.54. The van der Waals surface area contributed by atoms with Crippen molar-refractivity contribution in [3.05, 3.63) is 59.9 Å². The first-order valence-corrected chi connectivity index (χ1v) is 9.14. The summed E-state index contributed by atoms with van der Waals surface area (Å²) in [5.41, 5.74) is 3.51. The highest BCUT2D eigenvalue weighted by molar-refractivity contribution is 5.84. The van der Waals surface area contributed by atoms with Gasteiger partial charge in [0.05, 0.1) is 24.6 Å². The minimum atomic E-state index is 0.871. The zero-order valence-electron chi connectivity index (χ0n) is 14.8. The summed E-state index contributed by atoms with van der Waals surface area (Å²) in [7, 11) is 0. The van der Waals surface area contributed by atoms with Crippen LogP contribution in [-0.2, 0) is 11.2 Å². The van der Waals surface area contributed by atoms with E-state index >= 15 is 0 Å². The van der Waals surface area contributed by atoms with Crippen LogP contribution in [0.15, 0.2) is 48.5 Å². The topological polar surface area (TPSA) is 30.3 Å². The fraction of sp³-hybridized carbons (Fsp3) is 0.381. The SMILES string of the molecule is Cc1cc(CCCN2CCOCC2)nn1-c1ccc2ccccc2c1. The molecule has 0 amide bonds. The average molecular weight is 335 g/mol. The Kier molecular flexibility index (Phi) is 4.81. The molecule has 1 aromatic heterocycles. The van der Waals surface area contributed by atoms with Crippen LogP contribution in [0.4, 0.5) is 0 Å². The van der Waals surface area contributed by atoms with Gasteiger partial charge in [-0.1, -0.05) is 30.3 Å². The maximum Gasteiger partial charge on any atom is 0.0655 e. The first-order valence-electron chi connectivity index (χ1n) is 9.14. The lowest BCUT2D eigenvalue weighted by atomic mass is 10.1. The third kappa shape index (κ3) is 3.75. The van der Waals surface area contributed by atoms with E-state index in [1.807, 2.05) is 0 Å². The second-order valence-electron chi connectivity index (χ2n) is 6.78. The molecule has 2 heterocycles. The summed E-state index contributed by atoms with van der Waals surface area (Å²) in [4.78, 5) is 2.48. The molecular formula is C21H25N3O. The Balaban J connectivity index is 1.45. The van der Waals surface area contributed by atoms with E-state index in [9.17, 15) is 0 Å². The number of morpholine rings is 1. The molecule has 4 nitrogen and oxygen atoms in total. The standard InChI is InChI=1S/C21H25N3O/c1-17-15-20(7-4-10-23-11-13-25-14-12-23)22-24(17)21-9-8-18-5-2-3-6-19(18)16-21/h2-3,5-6,8-9,15-16H,4,7,10-14H2,1H3. The number of aryl methyl sites for hydroxylation is 2. The van der Waals surface area contributed by atoms with Crippen LogP contribution < -0.4 is 0 Å². The lowest BCUT2D eigenvalue weighted by Crippen LogP contribution is -2.36. The van der Waals surface area contributed by atoms with Gasteiger partial charge in [0.25, 0.3) is 0 Å². The van der Waals surface area contributed by atoms with Crippen molar-refractivity contribution in [2.75, 3.05) is 32.8 Å². The van der Waals surface area contributed by atoms with Crippen LogP contribution in [0.25, 0.3) is 16.5 Å². The summed E-state index contributed by atoms with van der Waals surface area (Å²) in [6, 6.07) is 17.2. The van der Waals surface area contributed by atoms with Crippen molar-refractivity contribution in [1.29, 1.82) is 0 Å². The van der Waals surface area contributed by atoms with Crippen LogP contribution >= 0.6 is 0 Å². The fourth-order valence-corrected chi connectivity index (χ4v) is 3.54. The molecule has 0 unspecified atom stereocenters. The van der Waals surface area contributed by atoms with Crippen molar-refractivity contribution < 1.29 is 4.74 Å². The molecule has 4 rings (SSSR count). The van der Waals surface area contributed by atoms with Gasteiger partial charge in [0.15, 0.2) is 0 Å². The van der Waals surface area contributed by atoms with Crippen molar-refractivity contribution in [3.63, 3.8) is 0 Å². The minimum absolute atomic E-state index is 0.871. The monoisotopic (exact) mass is 335 g/mol. The number of hydrogen-bond donors (Lipinski definition) is 0. The van der Waals surface area contributed by atoms with Gasteiger partial charge in [0.2, 0.25) is 0 Å². The van der Waals surface area contributed by atoms with Gasteiger partial charge in [0.1, 0.15) is 0 Å². The summed E-state index contributed by atoms with van der Waals surface area (Å²) in [6.45, 7) is 7.12. The van der Waals surface area contributed by atoms with Crippen molar-refractivity contribution >= 4 is 10.8 Å². The van der Waals surface area contributed by atoms with E-state index in [2.05, 4.69) is 65.0 Å². The smallest absolute Gasteiger partial charge is 0.0655 e. The maximum atomic E-state index is 5.41. The highest BCUT2D eigenvalue weighted by Crippen LogP contribution is 2.20. The van der Waals surface area contributed by atoms with Gasteiger partial charge in [-0.25, -0.2) is 4.68 Å². The molecule has 0 bridgehead atoms. The van der Waals surface area contributed by atoms with Crippen LogP contribution in [-0.4, -0.2) is 47.5 Å². The molecule has 1 aliphatic heterocycles. The number of ether oxygens (including phenoxy) is 1. The number of benzene rings is 2. The quantitative estimate of drug-likeness (QED) is 0.714. The Labute approximate surface area is 149 Å². The number of rotatable bonds is 5. The molecule has 0 spiro atoms. The normalized spacial score (nSPS) is 15.7. The molecule has 4 heteroatoms. The zero-order valence-corrected chi connectivity index (χ0v) is 14.8. The predicted octanol–water partition coefficient (Wildman–Crippen LogP) is 3.60. The molecule has 0 aliphatic carbocycles. The first-order chi connectivity index (χ1) is 12.3. The van der Waals surface area contributed by atoms with Gasteiger partial charge < -0.3 is 4.74 Å². The molecule has 0 saturated carbocycles. The molecule has 1 saturated heterocycles. The van der Waals surface area contributed by atoms with Crippen LogP contribution in [0, 0.1) is 6.92 Å². The Bertz CT molecular complexity index is 849. The van der Waals surface area contributed by atoms with Gasteiger partial charge >= 0.3 is 0 Å². The lowest BCUT2D eigenvalue weighted by molar-refractivity contribution is 0.0374. The first kappa shape index (κ1) is 16.3. The Morgan fingerprint density at radius 2 is 1.80 bits per heavy atom. The number of hydrogen-bond acceptors (Lipinski definition) is 3. The third-order valence-electron chi connectivity index (χ3n) is 4.93. The van der Waals surface area contributed by atoms with Crippen molar-refractivity contribution in [2.45, 2.75) is 19.8 Å². The molecule has 0 radical (unpaired) electrons. The van der Waals surface area contributed by atoms with E-state index in [1.165, 1.54) is 22.2 Å². The summed E-state index contributed by atoms with van der Waals surface area (Å²) in [5, 5.41) is 7.36. The van der Waals surface area contributed by atoms with E-state index in [0.29, 0.717) is 0 Å². The molecule has 2 aromatic carbocycles. The predicted molar refractivity (Wildman–Crippen MR) is 101 cm³/mol. The van der Waals surface area contributed by atoms with Gasteiger partial charge in [-0.05, 0) is 55.3 Å². The van der Waals surface area contributed by atoms with E-state index < -0.39 is 0 Å². The number of fused-ring (bicyclic) bond motifs is 1. The Morgan fingerprint density at radius 3 is 2.64 bits per heavy atom. The second kappa shape index (κ2) is 7.38. The summed E-state index contributed by atoms with van der Waals surface area (Å²) >= 11 is 0. The average Bonchev–Trinajstić information content (AvgIpc) is 3.03. The Morgan fingerprint density at radius 1 is 1.00 bits per heavy atom. The molecule has 1 aliphatic rings. The molecule has 0 N–H and O–H groups in total. The van der Waals surface area contributed by atoms with Crippen molar-refractivity contribution in [2.24, 2.45) is 0 Å². The molecule has 25 heavy (non-hydrogen) atoms. The van der Waals surface area contributed by atoms with E-state index in [-0.39, 0.29) is 0 Å². The van der Waals surface area contributed by atoms with Gasteiger partial charge in [-0.3, -0.25) is 4.90 Å². The van der Waals surface area contributed by atoms with E-state index in [4.69, 9.17) is 9.84 Å². The van der Waals surface area contributed by atoms with Crippen molar-refractivity contribution in [1.82, 2.24) is 14.7 Å². The third-order valence-corrected chi connectivity index (χ3v) is 4.93. The highest BCUT2D eigenvalue weighted by Gasteiger charge is 2.11. The molecule has 0 atom stereocenters. The van der Waals surface area contributed by atoms with Gasteiger partial charge in [0, 0.05) is 18.8 Å². The summed E-state index contributed by atoms with van der Waals surface area (Å²) < 4.78 is 7.47. The lowest BCUT2D eigenvalue weighted by Gasteiger charge is -2.26. The summed E-state index contributed by atoms with van der Waals surface area (Å²) in [6.07, 6.45) is 2.17. The van der Waals surface area contributed by atoms with E-state index in [1.54, 1.807) is 0 Å². The molecule has 3 aromatic rings. The Hall–Kier alpha value is -2.17. The molecule has 1 fully saturated rings. The highest BCUT2D eigenvalue weighted by atomic mass is 16.5. The summed E-state index contributed by atoms with van der Waals surface area (Å²) in [5.74, 6) is 0. The van der Waals surface area contributed by atoms with Gasteiger partial charge in [-0.2, -0.15) is 5.10 Å². The zero-order chi connectivity index (χ0) is 17.1. The van der Waals surface area contributed by atoms with Crippen LogP contribution in [0.1, 0.15) is 17.8 Å². The van der Waals surface area contributed by atoms with Crippen LogP contribution in [0.2, 0.25) is 0 Å². The largest absolute Gasteiger partial charge is 0.379 e. The number of nitrogens with zero attached hydrogens (tertiary/aromatic N) is 3. The molecular weight excluding hydrogens is 310 g/mol. The van der Waals surface area contributed by atoms with Gasteiger partial charge in [-0.15, -0.1) is 0 Å². The van der Waals surface area contributed by atoms with Crippen LogP contribution in [0.5, 0.6) is 0 Å².